The maximum atomic E-state index is 12.5. The number of rotatable bonds is 5. The van der Waals surface area contributed by atoms with Crippen molar-refractivity contribution in [1.29, 1.82) is 0 Å². The molecule has 1 aromatic heterocycles. The number of hydrogen-bond donors (Lipinski definition) is 2. The van der Waals surface area contributed by atoms with Crippen molar-refractivity contribution in [2.24, 2.45) is 0 Å². The van der Waals surface area contributed by atoms with Crippen molar-refractivity contribution in [3.63, 3.8) is 0 Å². The van der Waals surface area contributed by atoms with Gasteiger partial charge in [-0.2, -0.15) is 0 Å². The number of nitrogens with zero attached hydrogens (tertiary/aromatic N) is 2. The standard InChI is InChI=1S/C20H26N4O4S/c1-20(2,3)23-29(26,27)17-6-4-5-16(13-17)22-19(25)15-7-8-18(21-14-15)24-9-11-28-12-10-24/h4-8,13-14,23H,9-12H2,1-3H3,(H,22,25). The molecule has 2 N–H and O–H groups in total. The van der Waals surface area contributed by atoms with Crippen molar-refractivity contribution < 1.29 is 17.9 Å². The molecule has 1 saturated heterocycles. The molecule has 3 rings (SSSR count). The van der Waals surface area contributed by atoms with E-state index in [0.29, 0.717) is 24.5 Å². The Hall–Kier alpha value is -2.49. The number of ether oxygens (including phenoxy) is 1. The van der Waals surface area contributed by atoms with E-state index in [4.69, 9.17) is 4.74 Å². The monoisotopic (exact) mass is 418 g/mol. The molecule has 0 saturated carbocycles. The molecule has 9 heteroatoms. The first-order valence-corrected chi connectivity index (χ1v) is 10.9. The molecule has 156 valence electrons. The van der Waals surface area contributed by atoms with Gasteiger partial charge in [-0.3, -0.25) is 4.79 Å². The fourth-order valence-corrected chi connectivity index (χ4v) is 4.37. The third-order valence-corrected chi connectivity index (χ3v) is 5.94. The summed E-state index contributed by atoms with van der Waals surface area (Å²) in [6, 6.07) is 9.66. The topological polar surface area (TPSA) is 101 Å². The lowest BCUT2D eigenvalue weighted by molar-refractivity contribution is 0.102. The highest BCUT2D eigenvalue weighted by atomic mass is 32.2. The van der Waals surface area contributed by atoms with Crippen LogP contribution < -0.4 is 14.9 Å². The van der Waals surface area contributed by atoms with Gasteiger partial charge in [-0.05, 0) is 51.1 Å². The van der Waals surface area contributed by atoms with Crippen molar-refractivity contribution in [2.45, 2.75) is 31.2 Å². The molecular formula is C20H26N4O4S. The molecule has 29 heavy (non-hydrogen) atoms. The number of sulfonamides is 1. The van der Waals surface area contributed by atoms with E-state index >= 15 is 0 Å². The summed E-state index contributed by atoms with van der Waals surface area (Å²) in [6.07, 6.45) is 1.52. The first kappa shape index (κ1) is 21.2. The SMILES string of the molecule is CC(C)(C)NS(=O)(=O)c1cccc(NC(=O)c2ccc(N3CCOCC3)nc2)c1. The van der Waals surface area contributed by atoms with Crippen LogP contribution >= 0.6 is 0 Å². The summed E-state index contributed by atoms with van der Waals surface area (Å²) in [7, 11) is -3.69. The number of hydrogen-bond acceptors (Lipinski definition) is 6. The molecule has 1 aromatic carbocycles. The Morgan fingerprint density at radius 1 is 1.14 bits per heavy atom. The fourth-order valence-electron chi connectivity index (χ4n) is 2.91. The fraction of sp³-hybridized carbons (Fsp3) is 0.400. The van der Waals surface area contributed by atoms with E-state index in [2.05, 4.69) is 19.9 Å². The highest BCUT2D eigenvalue weighted by molar-refractivity contribution is 7.89. The molecule has 0 unspecified atom stereocenters. The number of morpholine rings is 1. The molecule has 0 bridgehead atoms. The molecule has 0 radical (unpaired) electrons. The quantitative estimate of drug-likeness (QED) is 0.772. The highest BCUT2D eigenvalue weighted by Gasteiger charge is 2.22. The minimum absolute atomic E-state index is 0.0889. The zero-order valence-corrected chi connectivity index (χ0v) is 17.6. The summed E-state index contributed by atoms with van der Waals surface area (Å²) in [4.78, 5) is 19.1. The van der Waals surface area contributed by atoms with E-state index in [-0.39, 0.29) is 10.8 Å². The summed E-state index contributed by atoms with van der Waals surface area (Å²) >= 11 is 0. The Bertz CT molecular complexity index is 963. The predicted octanol–water partition coefficient (Wildman–Crippen LogP) is 2.25. The van der Waals surface area contributed by atoms with Gasteiger partial charge in [-0.15, -0.1) is 0 Å². The zero-order chi connectivity index (χ0) is 21.1. The average Bonchev–Trinajstić information content (AvgIpc) is 2.67. The first-order chi connectivity index (χ1) is 13.6. The van der Waals surface area contributed by atoms with E-state index in [1.54, 1.807) is 45.0 Å². The average molecular weight is 419 g/mol. The van der Waals surface area contributed by atoms with E-state index in [1.807, 2.05) is 0 Å². The summed E-state index contributed by atoms with van der Waals surface area (Å²) in [5, 5.41) is 2.73. The van der Waals surface area contributed by atoms with E-state index in [0.717, 1.165) is 18.9 Å². The second-order valence-corrected chi connectivity index (χ2v) is 9.52. The lowest BCUT2D eigenvalue weighted by Gasteiger charge is -2.27. The second-order valence-electron chi connectivity index (χ2n) is 7.84. The largest absolute Gasteiger partial charge is 0.378 e. The Kier molecular flexibility index (Phi) is 6.21. The molecular weight excluding hydrogens is 392 g/mol. The van der Waals surface area contributed by atoms with Gasteiger partial charge in [-0.1, -0.05) is 6.07 Å². The second kappa shape index (κ2) is 8.48. The van der Waals surface area contributed by atoms with Gasteiger partial charge in [0, 0.05) is 30.5 Å². The van der Waals surface area contributed by atoms with Gasteiger partial charge >= 0.3 is 0 Å². The van der Waals surface area contributed by atoms with Crippen molar-refractivity contribution >= 4 is 27.4 Å². The van der Waals surface area contributed by atoms with Crippen molar-refractivity contribution in [3.8, 4) is 0 Å². The van der Waals surface area contributed by atoms with Gasteiger partial charge in [-0.25, -0.2) is 18.1 Å². The maximum absolute atomic E-state index is 12.5. The molecule has 8 nitrogen and oxygen atoms in total. The van der Waals surface area contributed by atoms with Crippen LogP contribution in [-0.4, -0.2) is 51.2 Å². The summed E-state index contributed by atoms with van der Waals surface area (Å²) in [5.74, 6) is 0.440. The van der Waals surface area contributed by atoms with Gasteiger partial charge in [0.1, 0.15) is 5.82 Å². The molecule has 0 spiro atoms. The zero-order valence-electron chi connectivity index (χ0n) is 16.8. The Labute approximate surface area is 171 Å². The normalized spacial score (nSPS) is 15.2. The maximum Gasteiger partial charge on any atom is 0.257 e. The molecule has 2 aromatic rings. The molecule has 1 fully saturated rings. The number of carbonyl (C=O) groups is 1. The minimum Gasteiger partial charge on any atom is -0.378 e. The smallest absolute Gasteiger partial charge is 0.257 e. The predicted molar refractivity (Wildman–Crippen MR) is 112 cm³/mol. The van der Waals surface area contributed by atoms with Gasteiger partial charge < -0.3 is 15.0 Å². The summed E-state index contributed by atoms with van der Waals surface area (Å²) < 4.78 is 32.9. The van der Waals surface area contributed by atoms with Crippen molar-refractivity contribution in [1.82, 2.24) is 9.71 Å². The van der Waals surface area contributed by atoms with E-state index < -0.39 is 15.6 Å². The molecule has 1 aliphatic heterocycles. The van der Waals surface area contributed by atoms with Crippen LogP contribution in [0.4, 0.5) is 11.5 Å². The van der Waals surface area contributed by atoms with Crippen LogP contribution in [0.25, 0.3) is 0 Å². The Balaban J connectivity index is 1.71. The third-order valence-electron chi connectivity index (χ3n) is 4.19. The molecule has 2 heterocycles. The molecule has 1 amide bonds. The molecule has 1 aliphatic rings. The summed E-state index contributed by atoms with van der Waals surface area (Å²) in [5.41, 5.74) is 0.179. The Morgan fingerprint density at radius 3 is 2.48 bits per heavy atom. The summed E-state index contributed by atoms with van der Waals surface area (Å²) in [6.45, 7) is 8.16. The minimum atomic E-state index is -3.69. The number of amides is 1. The number of anilines is 2. The Morgan fingerprint density at radius 2 is 1.86 bits per heavy atom. The number of benzene rings is 1. The lowest BCUT2D eigenvalue weighted by atomic mass is 10.1. The van der Waals surface area contributed by atoms with Crippen molar-refractivity contribution in [2.75, 3.05) is 36.5 Å². The number of pyridine rings is 1. The van der Waals surface area contributed by atoms with Crippen LogP contribution in [0.5, 0.6) is 0 Å². The van der Waals surface area contributed by atoms with Crippen LogP contribution in [-0.2, 0) is 14.8 Å². The van der Waals surface area contributed by atoms with Gasteiger partial charge in [0.05, 0.1) is 23.7 Å². The molecule has 0 atom stereocenters. The molecule has 0 aliphatic carbocycles. The number of nitrogens with one attached hydrogen (secondary N) is 2. The lowest BCUT2D eigenvalue weighted by Crippen LogP contribution is -2.40. The number of aromatic nitrogens is 1. The first-order valence-electron chi connectivity index (χ1n) is 9.38. The number of carbonyl (C=O) groups excluding carboxylic acids is 1. The van der Waals surface area contributed by atoms with E-state index in [9.17, 15) is 13.2 Å². The van der Waals surface area contributed by atoms with Crippen LogP contribution in [0, 0.1) is 0 Å². The van der Waals surface area contributed by atoms with Crippen LogP contribution in [0.2, 0.25) is 0 Å². The van der Waals surface area contributed by atoms with Crippen LogP contribution in [0.3, 0.4) is 0 Å². The van der Waals surface area contributed by atoms with Gasteiger partial charge in [0.15, 0.2) is 0 Å². The third kappa shape index (κ3) is 5.75. The van der Waals surface area contributed by atoms with Crippen LogP contribution in [0.1, 0.15) is 31.1 Å². The van der Waals surface area contributed by atoms with Crippen LogP contribution in [0.15, 0.2) is 47.5 Å². The van der Waals surface area contributed by atoms with Crippen molar-refractivity contribution in [3.05, 3.63) is 48.2 Å². The van der Waals surface area contributed by atoms with Gasteiger partial charge in [0.2, 0.25) is 10.0 Å². The van der Waals surface area contributed by atoms with E-state index in [1.165, 1.54) is 18.3 Å². The highest BCUT2D eigenvalue weighted by Crippen LogP contribution is 2.19. The van der Waals surface area contributed by atoms with Gasteiger partial charge in [0.25, 0.3) is 5.91 Å².